The number of hydrogen-bond acceptors (Lipinski definition) is 7. The molecular weight excluding hydrogens is 414 g/mol. The summed E-state index contributed by atoms with van der Waals surface area (Å²) in [7, 11) is 0. The minimum atomic E-state index is -0.0373. The van der Waals surface area contributed by atoms with Gasteiger partial charge in [-0.2, -0.15) is 0 Å². The van der Waals surface area contributed by atoms with E-state index < -0.39 is 0 Å². The van der Waals surface area contributed by atoms with E-state index in [9.17, 15) is 9.59 Å². The lowest BCUT2D eigenvalue weighted by Crippen LogP contribution is -2.49. The Hall–Kier alpha value is -3.20. The zero-order chi connectivity index (χ0) is 21.2. The van der Waals surface area contributed by atoms with Crippen LogP contribution in [0.3, 0.4) is 0 Å². The van der Waals surface area contributed by atoms with Crippen LogP contribution >= 0.6 is 11.3 Å². The number of pyridine rings is 1. The topological polar surface area (TPSA) is 78.9 Å². The highest BCUT2D eigenvalue weighted by molar-refractivity contribution is 7.21. The van der Waals surface area contributed by atoms with Crippen LogP contribution in [0.5, 0.6) is 5.75 Å². The Balaban J connectivity index is 1.14. The molecule has 2 aliphatic rings. The normalized spacial score (nSPS) is 16.2. The summed E-state index contributed by atoms with van der Waals surface area (Å²) in [6.07, 6.45) is 2.21. The molecule has 0 atom stereocenters. The number of fused-ring (bicyclic) bond motifs is 2. The molecule has 9 heteroatoms. The monoisotopic (exact) mass is 437 g/mol. The number of amides is 2. The number of thiazole rings is 1. The van der Waals surface area contributed by atoms with Crippen molar-refractivity contribution in [1.82, 2.24) is 14.9 Å². The summed E-state index contributed by atoms with van der Waals surface area (Å²) in [6, 6.07) is 11.4. The highest BCUT2D eigenvalue weighted by Crippen LogP contribution is 2.31. The number of nitrogens with zero attached hydrogens (tertiary/aromatic N) is 5. The molecule has 160 valence electrons. The van der Waals surface area contributed by atoms with Crippen molar-refractivity contribution in [3.8, 4) is 5.75 Å². The van der Waals surface area contributed by atoms with Crippen LogP contribution in [-0.2, 0) is 9.59 Å². The van der Waals surface area contributed by atoms with Gasteiger partial charge in [0, 0.05) is 45.2 Å². The number of rotatable bonds is 4. The predicted octanol–water partition coefficient (Wildman–Crippen LogP) is 2.55. The zero-order valence-corrected chi connectivity index (χ0v) is 17.9. The van der Waals surface area contributed by atoms with E-state index in [2.05, 4.69) is 14.9 Å². The first-order valence-corrected chi connectivity index (χ1v) is 11.3. The molecule has 1 saturated heterocycles. The van der Waals surface area contributed by atoms with Crippen molar-refractivity contribution in [3.63, 3.8) is 0 Å². The van der Waals surface area contributed by atoms with Crippen LogP contribution < -0.4 is 14.5 Å². The maximum absolute atomic E-state index is 12.7. The molecule has 1 aromatic carbocycles. The summed E-state index contributed by atoms with van der Waals surface area (Å²) in [6.45, 7) is 3.72. The van der Waals surface area contributed by atoms with Crippen LogP contribution in [0.1, 0.15) is 12.8 Å². The summed E-state index contributed by atoms with van der Waals surface area (Å²) in [5, 5.41) is 0.946. The highest BCUT2D eigenvalue weighted by atomic mass is 32.1. The average Bonchev–Trinajstić information content (AvgIpc) is 3.26. The summed E-state index contributed by atoms with van der Waals surface area (Å²) in [5.41, 5.74) is 1.69. The molecule has 4 heterocycles. The minimum Gasteiger partial charge on any atom is -0.490 e. The van der Waals surface area contributed by atoms with E-state index in [0.29, 0.717) is 26.2 Å². The third-order valence-electron chi connectivity index (χ3n) is 5.64. The van der Waals surface area contributed by atoms with E-state index in [1.807, 2.05) is 41.3 Å². The maximum atomic E-state index is 12.7. The molecule has 31 heavy (non-hydrogen) atoms. The Morgan fingerprint density at radius 3 is 2.61 bits per heavy atom. The highest BCUT2D eigenvalue weighted by Gasteiger charge is 2.26. The number of anilines is 2. The molecule has 0 aliphatic carbocycles. The number of benzene rings is 1. The first kappa shape index (κ1) is 19.7. The van der Waals surface area contributed by atoms with Gasteiger partial charge in [0.15, 0.2) is 5.13 Å². The van der Waals surface area contributed by atoms with Gasteiger partial charge >= 0.3 is 0 Å². The fourth-order valence-electron chi connectivity index (χ4n) is 3.98. The van der Waals surface area contributed by atoms with Crippen molar-refractivity contribution in [2.75, 3.05) is 49.1 Å². The second-order valence-electron chi connectivity index (χ2n) is 7.55. The number of carbonyl (C=O) groups excluding carboxylic acids is 2. The Morgan fingerprint density at radius 1 is 0.968 bits per heavy atom. The Bertz CT molecular complexity index is 1080. The number of para-hydroxylation sites is 2. The van der Waals surface area contributed by atoms with E-state index >= 15 is 0 Å². The molecule has 0 N–H and O–H groups in total. The van der Waals surface area contributed by atoms with E-state index in [-0.39, 0.29) is 24.7 Å². The predicted molar refractivity (Wildman–Crippen MR) is 120 cm³/mol. The van der Waals surface area contributed by atoms with Gasteiger partial charge in [-0.1, -0.05) is 23.5 Å². The Kier molecular flexibility index (Phi) is 5.42. The summed E-state index contributed by atoms with van der Waals surface area (Å²) < 4.78 is 5.61. The largest absolute Gasteiger partial charge is 0.490 e. The van der Waals surface area contributed by atoms with Gasteiger partial charge in [0.1, 0.15) is 22.7 Å². The zero-order valence-electron chi connectivity index (χ0n) is 17.1. The van der Waals surface area contributed by atoms with Crippen molar-refractivity contribution >= 4 is 44.3 Å². The van der Waals surface area contributed by atoms with Crippen molar-refractivity contribution in [2.24, 2.45) is 0 Å². The Labute approximate surface area is 184 Å². The molecule has 0 spiro atoms. The van der Waals surface area contributed by atoms with Gasteiger partial charge in [-0.05, 0) is 24.3 Å². The van der Waals surface area contributed by atoms with Crippen molar-refractivity contribution in [2.45, 2.75) is 12.8 Å². The van der Waals surface area contributed by atoms with Gasteiger partial charge in [0.2, 0.25) is 11.8 Å². The van der Waals surface area contributed by atoms with Crippen molar-refractivity contribution < 1.29 is 14.3 Å². The second-order valence-corrected chi connectivity index (χ2v) is 8.51. The fourth-order valence-corrected chi connectivity index (χ4v) is 4.94. The lowest BCUT2D eigenvalue weighted by molar-refractivity contribution is -0.133. The third kappa shape index (κ3) is 4.05. The fraction of sp³-hybridized carbons (Fsp3) is 0.364. The number of carbonyl (C=O) groups is 2. The SMILES string of the molecule is O=C(CCC(=O)N1CCOc2ccccc21)N1CCN(c2nc3cccnc3s2)CC1. The van der Waals surface area contributed by atoms with E-state index in [1.165, 1.54) is 0 Å². The molecule has 0 bridgehead atoms. The molecule has 8 nitrogen and oxygen atoms in total. The number of ether oxygens (including phenoxy) is 1. The smallest absolute Gasteiger partial charge is 0.227 e. The molecule has 0 saturated carbocycles. The van der Waals surface area contributed by atoms with E-state index in [0.717, 1.165) is 40.0 Å². The van der Waals surface area contributed by atoms with E-state index in [4.69, 9.17) is 4.74 Å². The summed E-state index contributed by atoms with van der Waals surface area (Å²) in [4.78, 5) is 41.2. The number of aromatic nitrogens is 2. The molecule has 2 aromatic heterocycles. The molecular formula is C22H23N5O3S. The van der Waals surface area contributed by atoms with Gasteiger partial charge in [0.25, 0.3) is 0 Å². The van der Waals surface area contributed by atoms with Crippen LogP contribution in [0.25, 0.3) is 10.3 Å². The molecule has 2 amide bonds. The number of piperazine rings is 1. The standard InChI is InChI=1S/C22H23N5O3S/c28-19(7-8-20(29)27-14-15-30-18-6-2-1-5-17(18)27)25-10-12-26(13-11-25)22-24-16-4-3-9-23-21(16)31-22/h1-6,9H,7-8,10-15H2. The molecule has 0 unspecified atom stereocenters. The summed E-state index contributed by atoms with van der Waals surface area (Å²) in [5.74, 6) is 0.708. The summed E-state index contributed by atoms with van der Waals surface area (Å²) >= 11 is 1.58. The van der Waals surface area contributed by atoms with Crippen LogP contribution in [-0.4, -0.2) is 66.0 Å². The molecule has 3 aromatic rings. The van der Waals surface area contributed by atoms with Gasteiger partial charge < -0.3 is 19.4 Å². The molecule has 5 rings (SSSR count). The van der Waals surface area contributed by atoms with Crippen LogP contribution in [0.15, 0.2) is 42.6 Å². The van der Waals surface area contributed by atoms with Gasteiger partial charge in [0.05, 0.1) is 12.2 Å². The molecule has 0 radical (unpaired) electrons. The maximum Gasteiger partial charge on any atom is 0.227 e. The van der Waals surface area contributed by atoms with Gasteiger partial charge in [-0.25, -0.2) is 9.97 Å². The van der Waals surface area contributed by atoms with Gasteiger partial charge in [-0.15, -0.1) is 0 Å². The van der Waals surface area contributed by atoms with Crippen molar-refractivity contribution in [3.05, 3.63) is 42.6 Å². The first-order chi connectivity index (χ1) is 15.2. The minimum absolute atomic E-state index is 0.0283. The quantitative estimate of drug-likeness (QED) is 0.624. The lowest BCUT2D eigenvalue weighted by atomic mass is 10.2. The Morgan fingerprint density at radius 2 is 1.77 bits per heavy atom. The molecule has 2 aliphatic heterocycles. The lowest BCUT2D eigenvalue weighted by Gasteiger charge is -2.34. The number of hydrogen-bond donors (Lipinski definition) is 0. The van der Waals surface area contributed by atoms with Crippen LogP contribution in [0.2, 0.25) is 0 Å². The van der Waals surface area contributed by atoms with Gasteiger partial charge in [-0.3, -0.25) is 9.59 Å². The second kappa shape index (κ2) is 8.50. The van der Waals surface area contributed by atoms with Crippen LogP contribution in [0.4, 0.5) is 10.8 Å². The molecule has 1 fully saturated rings. The first-order valence-electron chi connectivity index (χ1n) is 10.5. The third-order valence-corrected chi connectivity index (χ3v) is 6.68. The van der Waals surface area contributed by atoms with Crippen molar-refractivity contribution in [1.29, 1.82) is 0 Å². The average molecular weight is 438 g/mol. The van der Waals surface area contributed by atoms with Crippen LogP contribution in [0, 0.1) is 0 Å². The van der Waals surface area contributed by atoms with E-state index in [1.54, 1.807) is 22.4 Å².